The summed E-state index contributed by atoms with van der Waals surface area (Å²) < 4.78 is 5.24. The maximum atomic E-state index is 12.1. The Kier molecular flexibility index (Phi) is 9.44. The second-order valence-corrected chi connectivity index (χ2v) is 5.86. The Morgan fingerprint density at radius 2 is 1.65 bits per heavy atom. The van der Waals surface area contributed by atoms with Crippen molar-refractivity contribution in [1.29, 1.82) is 0 Å². The van der Waals surface area contributed by atoms with Crippen LogP contribution in [0.25, 0.3) is 0 Å². The first-order valence-electron chi connectivity index (χ1n) is 8.65. The maximum absolute atomic E-state index is 12.1. The summed E-state index contributed by atoms with van der Waals surface area (Å²) >= 11 is 0. The molecule has 0 saturated heterocycles. The highest BCUT2D eigenvalue weighted by Gasteiger charge is 2.21. The lowest BCUT2D eigenvalue weighted by atomic mass is 9.90. The number of hydrogen-bond donors (Lipinski definition) is 0. The van der Waals surface area contributed by atoms with E-state index in [1.807, 2.05) is 6.92 Å². The van der Waals surface area contributed by atoms with Crippen LogP contribution < -0.4 is 0 Å². The maximum Gasteiger partial charge on any atom is 0.313 e. The smallest absolute Gasteiger partial charge is 0.313 e. The van der Waals surface area contributed by atoms with Crippen LogP contribution in [0.1, 0.15) is 84.5 Å². The predicted molar refractivity (Wildman–Crippen MR) is 84.7 cm³/mol. The van der Waals surface area contributed by atoms with E-state index in [0.29, 0.717) is 6.61 Å². The molecule has 1 aliphatic carbocycles. The molecule has 1 rings (SSSR count). The van der Waals surface area contributed by atoms with Crippen molar-refractivity contribution < 1.29 is 9.53 Å². The van der Waals surface area contributed by atoms with E-state index >= 15 is 0 Å². The van der Waals surface area contributed by atoms with E-state index in [4.69, 9.17) is 4.74 Å². The average Bonchev–Trinajstić information content (AvgIpc) is 2.42. The van der Waals surface area contributed by atoms with E-state index in [1.54, 1.807) is 0 Å². The molecule has 2 nitrogen and oxygen atoms in total. The van der Waals surface area contributed by atoms with Gasteiger partial charge < -0.3 is 4.74 Å². The molecule has 0 N–H and O–H groups in total. The number of rotatable bonds is 4. The molecule has 0 saturated carbocycles. The molecule has 2 heteroatoms. The van der Waals surface area contributed by atoms with E-state index in [-0.39, 0.29) is 11.9 Å². The third-order valence-corrected chi connectivity index (χ3v) is 4.25. The first-order valence-corrected chi connectivity index (χ1v) is 8.65. The summed E-state index contributed by atoms with van der Waals surface area (Å²) in [7, 11) is 0. The molecule has 1 unspecified atom stereocenters. The fourth-order valence-corrected chi connectivity index (χ4v) is 3.06. The van der Waals surface area contributed by atoms with Gasteiger partial charge in [0.15, 0.2) is 0 Å². The Balaban J connectivity index is 2.64. The van der Waals surface area contributed by atoms with Crippen molar-refractivity contribution in [3.63, 3.8) is 0 Å². The molecule has 0 aromatic rings. The molecule has 0 aliphatic heterocycles. The highest BCUT2D eigenvalue weighted by molar-refractivity contribution is 5.75. The SMILES string of the molecule is CCOC(=O)C(CC)/C1=C/CCCCCCCCCC1. The second kappa shape index (κ2) is 10.9. The molecular weight excluding hydrogens is 248 g/mol. The molecule has 1 aliphatic rings. The van der Waals surface area contributed by atoms with Crippen molar-refractivity contribution in [3.8, 4) is 0 Å². The van der Waals surface area contributed by atoms with Gasteiger partial charge in [-0.1, -0.05) is 57.1 Å². The van der Waals surface area contributed by atoms with Crippen molar-refractivity contribution in [2.75, 3.05) is 6.61 Å². The summed E-state index contributed by atoms with van der Waals surface area (Å²) in [4.78, 5) is 12.1. The van der Waals surface area contributed by atoms with Gasteiger partial charge in [-0.25, -0.2) is 0 Å². The lowest BCUT2D eigenvalue weighted by Crippen LogP contribution is -2.19. The van der Waals surface area contributed by atoms with Crippen LogP contribution in [0.2, 0.25) is 0 Å². The number of carbonyl (C=O) groups is 1. The van der Waals surface area contributed by atoms with Crippen LogP contribution in [0.5, 0.6) is 0 Å². The summed E-state index contributed by atoms with van der Waals surface area (Å²) in [6.07, 6.45) is 16.0. The molecule has 0 aromatic carbocycles. The standard InChI is InChI=1S/C18H32O2/c1-3-17(18(19)20-4-2)16-14-12-10-8-6-5-7-9-11-13-15-16/h14,17H,3-13,15H2,1-2H3/b16-14+. The Morgan fingerprint density at radius 3 is 2.25 bits per heavy atom. The van der Waals surface area contributed by atoms with Crippen LogP contribution in [0, 0.1) is 5.92 Å². The van der Waals surface area contributed by atoms with Gasteiger partial charge in [0.25, 0.3) is 0 Å². The Bertz CT molecular complexity index is 294. The molecule has 116 valence electrons. The number of carbonyl (C=O) groups excluding carboxylic acids is 1. The third kappa shape index (κ3) is 6.58. The number of hydrogen-bond acceptors (Lipinski definition) is 2. The zero-order valence-corrected chi connectivity index (χ0v) is 13.5. The number of esters is 1. The monoisotopic (exact) mass is 280 g/mol. The van der Waals surface area contributed by atoms with Crippen molar-refractivity contribution in [1.82, 2.24) is 0 Å². The zero-order valence-electron chi connectivity index (χ0n) is 13.5. The van der Waals surface area contributed by atoms with Gasteiger partial charge >= 0.3 is 5.97 Å². The summed E-state index contributed by atoms with van der Waals surface area (Å²) in [5.41, 5.74) is 1.34. The van der Waals surface area contributed by atoms with E-state index in [1.165, 1.54) is 56.9 Å². The number of allylic oxidation sites excluding steroid dienone is 1. The summed E-state index contributed by atoms with van der Waals surface area (Å²) in [6, 6.07) is 0. The van der Waals surface area contributed by atoms with E-state index < -0.39 is 0 Å². The minimum absolute atomic E-state index is 0.00195. The second-order valence-electron chi connectivity index (χ2n) is 5.86. The normalized spacial score (nSPS) is 22.8. The molecular formula is C18H32O2. The molecule has 0 radical (unpaired) electrons. The van der Waals surface area contributed by atoms with Gasteiger partial charge in [-0.2, -0.15) is 0 Å². The summed E-state index contributed by atoms with van der Waals surface area (Å²) in [6.45, 7) is 4.47. The number of ether oxygens (including phenoxy) is 1. The molecule has 0 amide bonds. The van der Waals surface area contributed by atoms with Crippen LogP contribution in [-0.4, -0.2) is 12.6 Å². The van der Waals surface area contributed by atoms with Crippen molar-refractivity contribution in [3.05, 3.63) is 11.6 Å². The Labute approximate surface area is 125 Å². The minimum atomic E-state index is -0.0201. The lowest BCUT2D eigenvalue weighted by molar-refractivity contribution is -0.146. The average molecular weight is 280 g/mol. The van der Waals surface area contributed by atoms with Crippen LogP contribution in [0.3, 0.4) is 0 Å². The molecule has 0 fully saturated rings. The van der Waals surface area contributed by atoms with Gasteiger partial charge in [-0.05, 0) is 39.0 Å². The van der Waals surface area contributed by atoms with E-state index in [2.05, 4.69) is 13.0 Å². The largest absolute Gasteiger partial charge is 0.466 e. The highest BCUT2D eigenvalue weighted by atomic mass is 16.5. The Hall–Kier alpha value is -0.790. The topological polar surface area (TPSA) is 26.3 Å². The quantitative estimate of drug-likeness (QED) is 0.508. The van der Waals surface area contributed by atoms with Gasteiger partial charge in [0.1, 0.15) is 0 Å². The van der Waals surface area contributed by atoms with Crippen LogP contribution >= 0.6 is 0 Å². The van der Waals surface area contributed by atoms with Gasteiger partial charge in [-0.15, -0.1) is 0 Å². The van der Waals surface area contributed by atoms with Crippen molar-refractivity contribution in [2.45, 2.75) is 84.5 Å². The first kappa shape index (κ1) is 17.3. The molecule has 0 aromatic heterocycles. The van der Waals surface area contributed by atoms with E-state index in [0.717, 1.165) is 19.3 Å². The van der Waals surface area contributed by atoms with Crippen LogP contribution in [0.15, 0.2) is 11.6 Å². The predicted octanol–water partition coefficient (Wildman–Crippen LogP) is 5.42. The molecule has 0 heterocycles. The molecule has 0 spiro atoms. The molecule has 1 atom stereocenters. The Morgan fingerprint density at radius 1 is 1.05 bits per heavy atom. The van der Waals surface area contributed by atoms with Gasteiger partial charge in [-0.3, -0.25) is 4.79 Å². The lowest BCUT2D eigenvalue weighted by Gasteiger charge is -2.18. The van der Waals surface area contributed by atoms with Gasteiger partial charge in [0.2, 0.25) is 0 Å². The van der Waals surface area contributed by atoms with Crippen molar-refractivity contribution in [2.24, 2.45) is 5.92 Å². The van der Waals surface area contributed by atoms with Gasteiger partial charge in [0.05, 0.1) is 12.5 Å². The van der Waals surface area contributed by atoms with Crippen LogP contribution in [0.4, 0.5) is 0 Å². The first-order chi connectivity index (χ1) is 9.79. The fraction of sp³-hybridized carbons (Fsp3) is 0.833. The van der Waals surface area contributed by atoms with Gasteiger partial charge in [0, 0.05) is 0 Å². The van der Waals surface area contributed by atoms with Crippen molar-refractivity contribution >= 4 is 5.97 Å². The fourth-order valence-electron chi connectivity index (χ4n) is 3.06. The minimum Gasteiger partial charge on any atom is -0.466 e. The zero-order chi connectivity index (χ0) is 14.6. The molecule has 20 heavy (non-hydrogen) atoms. The van der Waals surface area contributed by atoms with Crippen LogP contribution in [-0.2, 0) is 9.53 Å². The third-order valence-electron chi connectivity index (χ3n) is 4.25. The summed E-state index contributed by atoms with van der Waals surface area (Å²) in [5.74, 6) is -0.0220. The summed E-state index contributed by atoms with van der Waals surface area (Å²) in [5, 5.41) is 0. The highest BCUT2D eigenvalue weighted by Crippen LogP contribution is 2.25. The molecule has 0 bridgehead atoms. The van der Waals surface area contributed by atoms with E-state index in [9.17, 15) is 4.79 Å².